The predicted molar refractivity (Wildman–Crippen MR) is 70.4 cm³/mol. The maximum atomic E-state index is 12.0. The van der Waals surface area contributed by atoms with E-state index < -0.39 is 10.0 Å². The Hall–Kier alpha value is -1.72. The number of phenols is 1. The zero-order valence-electron chi connectivity index (χ0n) is 9.17. The van der Waals surface area contributed by atoms with Crippen LogP contribution in [0, 0.1) is 0 Å². The Morgan fingerprint density at radius 3 is 2.33 bits per heavy atom. The fourth-order valence-electron chi connectivity index (χ4n) is 1.39. The van der Waals surface area contributed by atoms with Crippen LogP contribution in [0.1, 0.15) is 0 Å². The third kappa shape index (κ3) is 2.75. The molecule has 0 fully saturated rings. The molecule has 0 atom stereocenters. The lowest BCUT2D eigenvalue weighted by atomic mass is 10.3. The van der Waals surface area contributed by atoms with Crippen LogP contribution in [0.5, 0.6) is 5.75 Å². The van der Waals surface area contributed by atoms with Gasteiger partial charge < -0.3 is 5.11 Å². The van der Waals surface area contributed by atoms with Crippen LogP contribution in [0.15, 0.2) is 53.4 Å². The van der Waals surface area contributed by atoms with E-state index in [1.54, 1.807) is 18.2 Å². The highest BCUT2D eigenvalue weighted by Gasteiger charge is 2.15. The first kappa shape index (κ1) is 12.7. The Morgan fingerprint density at radius 1 is 1.06 bits per heavy atom. The van der Waals surface area contributed by atoms with Crippen molar-refractivity contribution in [2.75, 3.05) is 4.72 Å². The Kier molecular flexibility index (Phi) is 3.45. The van der Waals surface area contributed by atoms with E-state index in [1.807, 2.05) is 0 Å². The van der Waals surface area contributed by atoms with Gasteiger partial charge in [0.05, 0.1) is 15.6 Å². The smallest absolute Gasteiger partial charge is 0.261 e. The number of halogens is 1. The summed E-state index contributed by atoms with van der Waals surface area (Å²) in [6.45, 7) is 0. The molecule has 6 heteroatoms. The van der Waals surface area contributed by atoms with Crippen LogP contribution in [0.3, 0.4) is 0 Å². The van der Waals surface area contributed by atoms with Gasteiger partial charge in [0.2, 0.25) is 0 Å². The number of sulfonamides is 1. The monoisotopic (exact) mass is 283 g/mol. The van der Waals surface area contributed by atoms with Crippen molar-refractivity contribution in [2.24, 2.45) is 0 Å². The van der Waals surface area contributed by atoms with E-state index in [-0.39, 0.29) is 21.4 Å². The minimum absolute atomic E-state index is 0.0253. The van der Waals surface area contributed by atoms with Crippen LogP contribution < -0.4 is 4.72 Å². The maximum absolute atomic E-state index is 12.0. The molecule has 0 radical (unpaired) electrons. The van der Waals surface area contributed by atoms with Crippen LogP contribution in [-0.2, 0) is 10.0 Å². The first-order valence-electron chi connectivity index (χ1n) is 5.05. The molecule has 0 heterocycles. The van der Waals surface area contributed by atoms with Crippen molar-refractivity contribution in [1.29, 1.82) is 0 Å². The lowest BCUT2D eigenvalue weighted by molar-refractivity contribution is 0.475. The lowest BCUT2D eigenvalue weighted by Crippen LogP contribution is -2.12. The molecule has 2 aromatic rings. The van der Waals surface area contributed by atoms with E-state index in [4.69, 9.17) is 11.6 Å². The molecular weight excluding hydrogens is 274 g/mol. The Labute approximate surface area is 110 Å². The molecule has 0 aliphatic heterocycles. The van der Waals surface area contributed by atoms with Crippen molar-refractivity contribution in [3.8, 4) is 5.75 Å². The maximum Gasteiger partial charge on any atom is 0.261 e. The average Bonchev–Trinajstić information content (AvgIpc) is 2.34. The largest absolute Gasteiger partial charge is 0.508 e. The van der Waals surface area contributed by atoms with Gasteiger partial charge in [-0.3, -0.25) is 4.72 Å². The SMILES string of the molecule is O=S(=O)(Nc1ccc(O)cc1Cl)c1ccccc1. The van der Waals surface area contributed by atoms with Gasteiger partial charge in [-0.25, -0.2) is 8.42 Å². The summed E-state index contributed by atoms with van der Waals surface area (Å²) in [5.41, 5.74) is 0.221. The number of rotatable bonds is 3. The van der Waals surface area contributed by atoms with E-state index in [2.05, 4.69) is 4.72 Å². The number of benzene rings is 2. The minimum atomic E-state index is -3.66. The molecule has 0 aromatic heterocycles. The minimum Gasteiger partial charge on any atom is -0.508 e. The number of hydrogen-bond donors (Lipinski definition) is 2. The highest BCUT2D eigenvalue weighted by Crippen LogP contribution is 2.27. The highest BCUT2D eigenvalue weighted by molar-refractivity contribution is 7.92. The topological polar surface area (TPSA) is 66.4 Å². The fourth-order valence-corrected chi connectivity index (χ4v) is 2.77. The van der Waals surface area contributed by atoms with Crippen molar-refractivity contribution in [1.82, 2.24) is 0 Å². The summed E-state index contributed by atoms with van der Waals surface area (Å²) in [5, 5.41) is 9.32. The van der Waals surface area contributed by atoms with Crippen LogP contribution in [0.4, 0.5) is 5.69 Å². The summed E-state index contributed by atoms with van der Waals surface area (Å²) >= 11 is 5.84. The second kappa shape index (κ2) is 4.88. The third-order valence-electron chi connectivity index (χ3n) is 2.25. The lowest BCUT2D eigenvalue weighted by Gasteiger charge is -2.09. The zero-order chi connectivity index (χ0) is 13.2. The summed E-state index contributed by atoms with van der Waals surface area (Å²) in [5.74, 6) is -0.0253. The second-order valence-electron chi connectivity index (χ2n) is 3.58. The molecule has 2 N–H and O–H groups in total. The first-order chi connectivity index (χ1) is 8.49. The molecule has 0 amide bonds. The molecule has 0 bridgehead atoms. The third-order valence-corrected chi connectivity index (χ3v) is 3.94. The molecule has 0 aliphatic carbocycles. The van der Waals surface area contributed by atoms with E-state index in [0.29, 0.717) is 0 Å². The standard InChI is InChI=1S/C12H10ClNO3S/c13-11-8-9(15)6-7-12(11)14-18(16,17)10-4-2-1-3-5-10/h1-8,14-15H. The van der Waals surface area contributed by atoms with Gasteiger partial charge in [-0.05, 0) is 24.3 Å². The first-order valence-corrected chi connectivity index (χ1v) is 6.91. The second-order valence-corrected chi connectivity index (χ2v) is 5.67. The Morgan fingerprint density at radius 2 is 1.72 bits per heavy atom. The molecule has 4 nitrogen and oxygen atoms in total. The van der Waals surface area contributed by atoms with E-state index >= 15 is 0 Å². The number of phenolic OH excluding ortho intramolecular Hbond substituents is 1. The molecular formula is C12H10ClNO3S. The summed E-state index contributed by atoms with van der Waals surface area (Å²) in [6.07, 6.45) is 0. The molecule has 18 heavy (non-hydrogen) atoms. The number of hydrogen-bond acceptors (Lipinski definition) is 3. The average molecular weight is 284 g/mol. The molecule has 0 unspecified atom stereocenters. The van der Waals surface area contributed by atoms with Crippen molar-refractivity contribution in [3.63, 3.8) is 0 Å². The van der Waals surface area contributed by atoms with Gasteiger partial charge in [0.1, 0.15) is 5.75 Å². The summed E-state index contributed by atoms with van der Waals surface area (Å²) < 4.78 is 26.4. The Bertz CT molecular complexity index is 656. The normalized spacial score (nSPS) is 11.2. The predicted octanol–water partition coefficient (Wildman–Crippen LogP) is 2.85. The van der Waals surface area contributed by atoms with Crippen molar-refractivity contribution >= 4 is 27.3 Å². The van der Waals surface area contributed by atoms with Gasteiger partial charge >= 0.3 is 0 Å². The summed E-state index contributed by atoms with van der Waals surface area (Å²) in [6, 6.07) is 12.0. The van der Waals surface area contributed by atoms with Crippen molar-refractivity contribution < 1.29 is 13.5 Å². The van der Waals surface area contributed by atoms with Crippen molar-refractivity contribution in [3.05, 3.63) is 53.6 Å². The fraction of sp³-hybridized carbons (Fsp3) is 0. The van der Waals surface area contributed by atoms with Crippen molar-refractivity contribution in [2.45, 2.75) is 4.90 Å². The van der Waals surface area contributed by atoms with Gasteiger partial charge in [-0.2, -0.15) is 0 Å². The molecule has 2 aromatic carbocycles. The van der Waals surface area contributed by atoms with E-state index in [1.165, 1.54) is 30.3 Å². The Balaban J connectivity index is 2.34. The number of nitrogens with one attached hydrogen (secondary N) is 1. The highest BCUT2D eigenvalue weighted by atomic mass is 35.5. The van der Waals surface area contributed by atoms with Gasteiger partial charge in [-0.1, -0.05) is 29.8 Å². The van der Waals surface area contributed by atoms with Crippen LogP contribution in [0.25, 0.3) is 0 Å². The van der Waals surface area contributed by atoms with E-state index in [9.17, 15) is 13.5 Å². The van der Waals surface area contributed by atoms with Crippen LogP contribution >= 0.6 is 11.6 Å². The van der Waals surface area contributed by atoms with E-state index in [0.717, 1.165) is 0 Å². The number of anilines is 1. The molecule has 0 saturated heterocycles. The van der Waals surface area contributed by atoms with Crippen LogP contribution in [0.2, 0.25) is 5.02 Å². The summed E-state index contributed by atoms with van der Waals surface area (Å²) in [4.78, 5) is 0.147. The van der Waals surface area contributed by atoms with Gasteiger partial charge in [0.25, 0.3) is 10.0 Å². The zero-order valence-corrected chi connectivity index (χ0v) is 10.7. The molecule has 0 saturated carbocycles. The molecule has 0 spiro atoms. The van der Waals surface area contributed by atoms with Gasteiger partial charge in [-0.15, -0.1) is 0 Å². The molecule has 2 rings (SSSR count). The van der Waals surface area contributed by atoms with Gasteiger partial charge in [0, 0.05) is 6.07 Å². The number of aromatic hydroxyl groups is 1. The van der Waals surface area contributed by atoms with Gasteiger partial charge in [0.15, 0.2) is 0 Å². The molecule has 94 valence electrons. The summed E-state index contributed by atoms with van der Waals surface area (Å²) in [7, 11) is -3.66. The quantitative estimate of drug-likeness (QED) is 0.851. The molecule has 0 aliphatic rings. The van der Waals surface area contributed by atoms with Crippen LogP contribution in [-0.4, -0.2) is 13.5 Å².